The summed E-state index contributed by atoms with van der Waals surface area (Å²) >= 11 is 0. The maximum Gasteiger partial charge on any atom is 0.321 e. The number of benzene rings is 1. The van der Waals surface area contributed by atoms with E-state index in [1.54, 1.807) is 4.90 Å². The molecule has 6 heteroatoms. The summed E-state index contributed by atoms with van der Waals surface area (Å²) < 4.78 is 0. The maximum atomic E-state index is 12.0. The van der Waals surface area contributed by atoms with Crippen LogP contribution in [0.4, 0.5) is 16.2 Å². The fraction of sp³-hybridized carbons (Fsp3) is 0.467. The normalized spacial score (nSPS) is 15.7. The Hall–Kier alpha value is -2.08. The van der Waals surface area contributed by atoms with Crippen LogP contribution < -0.4 is 21.3 Å². The van der Waals surface area contributed by atoms with Gasteiger partial charge in [0.05, 0.1) is 0 Å². The fourth-order valence-electron chi connectivity index (χ4n) is 2.34. The summed E-state index contributed by atoms with van der Waals surface area (Å²) in [5.74, 6) is 0.160. The van der Waals surface area contributed by atoms with Crippen molar-refractivity contribution in [1.29, 1.82) is 0 Å². The summed E-state index contributed by atoms with van der Waals surface area (Å²) in [6.07, 6.45) is 1.30. The van der Waals surface area contributed by atoms with Crippen molar-refractivity contribution in [2.75, 3.05) is 29.9 Å². The van der Waals surface area contributed by atoms with Gasteiger partial charge in [-0.3, -0.25) is 9.69 Å². The number of nitrogens with one attached hydrogen (secondary N) is 2. The van der Waals surface area contributed by atoms with Crippen molar-refractivity contribution in [2.24, 2.45) is 11.7 Å². The van der Waals surface area contributed by atoms with Crippen LogP contribution in [0.2, 0.25) is 0 Å². The molecule has 1 unspecified atom stereocenters. The average Bonchev–Trinajstić information content (AvgIpc) is 2.91. The minimum Gasteiger partial charge on any atom is -0.336 e. The lowest BCUT2D eigenvalue weighted by Crippen LogP contribution is -2.27. The first-order valence-electron chi connectivity index (χ1n) is 7.29. The quantitative estimate of drug-likeness (QED) is 0.742. The van der Waals surface area contributed by atoms with Gasteiger partial charge in [-0.2, -0.15) is 0 Å². The molecule has 1 saturated heterocycles. The maximum absolute atomic E-state index is 12.0. The number of rotatable bonds is 6. The van der Waals surface area contributed by atoms with E-state index < -0.39 is 0 Å². The molecule has 3 amide bonds. The van der Waals surface area contributed by atoms with E-state index in [-0.39, 0.29) is 17.9 Å². The molecule has 1 aliphatic heterocycles. The Labute approximate surface area is 124 Å². The average molecular weight is 290 g/mol. The van der Waals surface area contributed by atoms with Crippen LogP contribution in [0, 0.1) is 5.92 Å². The van der Waals surface area contributed by atoms with Crippen molar-refractivity contribution in [3.05, 3.63) is 24.3 Å². The van der Waals surface area contributed by atoms with Gasteiger partial charge in [-0.1, -0.05) is 19.4 Å². The molecule has 1 atom stereocenters. The standard InChI is InChI=1S/C15H22N4O2/c1-2-11(10-16)8-14(20)18-12-4-3-5-13(9-12)19-7-6-17-15(19)21/h3-5,9,11H,2,6-8,10,16H2,1H3,(H,17,21)(H,18,20). The second kappa shape index (κ2) is 7.08. The zero-order chi connectivity index (χ0) is 15.2. The first-order chi connectivity index (χ1) is 10.1. The third-order valence-electron chi connectivity index (χ3n) is 3.68. The summed E-state index contributed by atoms with van der Waals surface area (Å²) in [4.78, 5) is 25.3. The van der Waals surface area contributed by atoms with Gasteiger partial charge in [0.2, 0.25) is 5.91 Å². The highest BCUT2D eigenvalue weighted by atomic mass is 16.2. The third-order valence-corrected chi connectivity index (χ3v) is 3.68. The second-order valence-corrected chi connectivity index (χ2v) is 5.20. The highest BCUT2D eigenvalue weighted by molar-refractivity contribution is 5.96. The predicted molar refractivity (Wildman–Crippen MR) is 83.3 cm³/mol. The minimum absolute atomic E-state index is 0.0460. The second-order valence-electron chi connectivity index (χ2n) is 5.20. The van der Waals surface area contributed by atoms with E-state index in [1.807, 2.05) is 31.2 Å². The predicted octanol–water partition coefficient (Wildman–Crippen LogP) is 1.53. The van der Waals surface area contributed by atoms with E-state index >= 15 is 0 Å². The van der Waals surface area contributed by atoms with Gasteiger partial charge >= 0.3 is 6.03 Å². The van der Waals surface area contributed by atoms with Crippen LogP contribution in [-0.2, 0) is 4.79 Å². The van der Waals surface area contributed by atoms with Crippen LogP contribution in [0.1, 0.15) is 19.8 Å². The topological polar surface area (TPSA) is 87.5 Å². The van der Waals surface area contributed by atoms with Crippen molar-refractivity contribution in [2.45, 2.75) is 19.8 Å². The van der Waals surface area contributed by atoms with Crippen molar-refractivity contribution < 1.29 is 9.59 Å². The van der Waals surface area contributed by atoms with Gasteiger partial charge in [0.25, 0.3) is 0 Å². The van der Waals surface area contributed by atoms with Crippen LogP contribution in [-0.4, -0.2) is 31.6 Å². The van der Waals surface area contributed by atoms with E-state index in [0.717, 1.165) is 12.1 Å². The molecule has 0 aromatic heterocycles. The summed E-state index contributed by atoms with van der Waals surface area (Å²) in [5.41, 5.74) is 7.10. The van der Waals surface area contributed by atoms with Crippen molar-refractivity contribution in [1.82, 2.24) is 5.32 Å². The molecule has 4 N–H and O–H groups in total. The Morgan fingerprint density at radius 3 is 2.95 bits per heavy atom. The van der Waals surface area contributed by atoms with Gasteiger partial charge in [-0.15, -0.1) is 0 Å². The first-order valence-corrected chi connectivity index (χ1v) is 7.29. The van der Waals surface area contributed by atoms with Gasteiger partial charge in [0, 0.05) is 30.9 Å². The third kappa shape index (κ3) is 3.95. The van der Waals surface area contributed by atoms with Gasteiger partial charge in [-0.05, 0) is 30.7 Å². The van der Waals surface area contributed by atoms with Gasteiger partial charge in [0.15, 0.2) is 0 Å². The molecule has 0 aliphatic carbocycles. The lowest BCUT2D eigenvalue weighted by atomic mass is 10.0. The molecule has 0 radical (unpaired) electrons. The van der Waals surface area contributed by atoms with Crippen LogP contribution in [0.15, 0.2) is 24.3 Å². The fourth-order valence-corrected chi connectivity index (χ4v) is 2.34. The number of anilines is 2. The summed E-state index contributed by atoms with van der Waals surface area (Å²) in [7, 11) is 0. The number of nitrogens with two attached hydrogens (primary N) is 1. The van der Waals surface area contributed by atoms with E-state index in [2.05, 4.69) is 10.6 Å². The minimum atomic E-state index is -0.104. The molecule has 21 heavy (non-hydrogen) atoms. The first kappa shape index (κ1) is 15.3. The number of hydrogen-bond acceptors (Lipinski definition) is 3. The van der Waals surface area contributed by atoms with Gasteiger partial charge in [0.1, 0.15) is 0 Å². The van der Waals surface area contributed by atoms with Crippen molar-refractivity contribution in [3.8, 4) is 0 Å². The highest BCUT2D eigenvalue weighted by Gasteiger charge is 2.21. The highest BCUT2D eigenvalue weighted by Crippen LogP contribution is 2.21. The van der Waals surface area contributed by atoms with Crippen LogP contribution in [0.25, 0.3) is 0 Å². The molecule has 1 aromatic rings. The van der Waals surface area contributed by atoms with Crippen LogP contribution in [0.5, 0.6) is 0 Å². The molecule has 6 nitrogen and oxygen atoms in total. The van der Waals surface area contributed by atoms with Crippen LogP contribution in [0.3, 0.4) is 0 Å². The summed E-state index contributed by atoms with van der Waals surface area (Å²) in [5, 5.41) is 5.62. The van der Waals surface area contributed by atoms with E-state index in [1.165, 1.54) is 0 Å². The van der Waals surface area contributed by atoms with Crippen molar-refractivity contribution >= 4 is 23.3 Å². The van der Waals surface area contributed by atoms with E-state index in [4.69, 9.17) is 5.73 Å². The Morgan fingerprint density at radius 2 is 2.33 bits per heavy atom. The lowest BCUT2D eigenvalue weighted by Gasteiger charge is -2.16. The van der Waals surface area contributed by atoms with Gasteiger partial charge < -0.3 is 16.4 Å². The zero-order valence-corrected chi connectivity index (χ0v) is 12.3. The number of amides is 3. The molecule has 0 bridgehead atoms. The molecule has 2 rings (SSSR count). The monoisotopic (exact) mass is 290 g/mol. The summed E-state index contributed by atoms with van der Waals surface area (Å²) in [6, 6.07) is 7.21. The Balaban J connectivity index is 2.01. The molecular formula is C15H22N4O2. The molecule has 0 saturated carbocycles. The molecule has 1 heterocycles. The number of carbonyl (C=O) groups is 2. The molecule has 1 aromatic carbocycles. The Morgan fingerprint density at radius 1 is 1.52 bits per heavy atom. The molecule has 0 spiro atoms. The molecular weight excluding hydrogens is 268 g/mol. The van der Waals surface area contributed by atoms with E-state index in [9.17, 15) is 9.59 Å². The summed E-state index contributed by atoms with van der Waals surface area (Å²) in [6.45, 7) is 3.82. The lowest BCUT2D eigenvalue weighted by molar-refractivity contribution is -0.117. The molecule has 1 fully saturated rings. The van der Waals surface area contributed by atoms with E-state index in [0.29, 0.717) is 31.7 Å². The SMILES string of the molecule is CCC(CN)CC(=O)Nc1cccc(N2CCNC2=O)c1. The largest absolute Gasteiger partial charge is 0.336 e. The smallest absolute Gasteiger partial charge is 0.321 e. The van der Waals surface area contributed by atoms with Gasteiger partial charge in [-0.25, -0.2) is 4.79 Å². The Kier molecular flexibility index (Phi) is 5.16. The number of nitrogens with zero attached hydrogens (tertiary/aromatic N) is 1. The van der Waals surface area contributed by atoms with Crippen molar-refractivity contribution in [3.63, 3.8) is 0 Å². The number of hydrogen-bond donors (Lipinski definition) is 3. The molecule has 114 valence electrons. The zero-order valence-electron chi connectivity index (χ0n) is 12.3. The molecule has 1 aliphatic rings. The number of carbonyl (C=O) groups excluding carboxylic acids is 2. The number of urea groups is 1. The Bertz CT molecular complexity index is 514. The van der Waals surface area contributed by atoms with Crippen LogP contribution >= 0.6 is 0 Å².